The number of carbonyl (C=O) groups excluding carboxylic acids is 1. The minimum atomic E-state index is -4.28. The zero-order valence-electron chi connectivity index (χ0n) is 5.89. The lowest BCUT2D eigenvalue weighted by Gasteiger charge is -2.36. The van der Waals surface area contributed by atoms with Crippen LogP contribution in [0.4, 0.5) is 18.0 Å². The van der Waals surface area contributed by atoms with Gasteiger partial charge in [-0.15, -0.1) is 0 Å². The molecule has 1 aliphatic rings. The molecule has 12 heavy (non-hydrogen) atoms. The number of alkyl halides is 3. The Morgan fingerprint density at radius 3 is 2.42 bits per heavy atom. The van der Waals surface area contributed by atoms with Gasteiger partial charge in [-0.25, -0.2) is 4.79 Å². The number of halogens is 3. The van der Waals surface area contributed by atoms with E-state index in [0.717, 1.165) is 0 Å². The van der Waals surface area contributed by atoms with Gasteiger partial charge in [-0.05, 0) is 0 Å². The van der Waals surface area contributed by atoms with Crippen LogP contribution in [0, 0.1) is 0 Å². The Kier molecular flexibility index (Phi) is 2.14. The normalized spacial score (nSPS) is 29.2. The quantitative estimate of drug-likeness (QED) is 0.617. The fourth-order valence-electron chi connectivity index (χ4n) is 0.865. The number of rotatable bonds is 1. The van der Waals surface area contributed by atoms with Crippen molar-refractivity contribution in [3.05, 3.63) is 0 Å². The fourth-order valence-corrected chi connectivity index (χ4v) is 0.865. The van der Waals surface area contributed by atoms with E-state index in [1.165, 1.54) is 0 Å². The Bertz CT molecular complexity index is 188. The SMILES string of the molecule is NC(=O)OC1C[C@H](C(F)(F)F)N1. The number of nitrogens with two attached hydrogens (primary N) is 1. The van der Waals surface area contributed by atoms with Crippen molar-refractivity contribution in [3.8, 4) is 0 Å². The summed E-state index contributed by atoms with van der Waals surface area (Å²) in [7, 11) is 0. The largest absolute Gasteiger partial charge is 0.431 e. The van der Waals surface area contributed by atoms with E-state index in [2.05, 4.69) is 10.5 Å². The maximum Gasteiger partial charge on any atom is 0.406 e. The van der Waals surface area contributed by atoms with Crippen LogP contribution in [-0.2, 0) is 4.74 Å². The van der Waals surface area contributed by atoms with Crippen molar-refractivity contribution in [3.63, 3.8) is 0 Å². The predicted octanol–water partition coefficient (Wildman–Crippen LogP) is 0.332. The van der Waals surface area contributed by atoms with Crippen molar-refractivity contribution in [2.75, 3.05) is 0 Å². The monoisotopic (exact) mass is 184 g/mol. The minimum absolute atomic E-state index is 0.271. The highest BCUT2D eigenvalue weighted by Gasteiger charge is 2.48. The minimum Gasteiger partial charge on any atom is -0.431 e. The summed E-state index contributed by atoms with van der Waals surface area (Å²) in [5.41, 5.74) is 4.57. The molecule has 0 saturated carbocycles. The van der Waals surface area contributed by atoms with Crippen LogP contribution in [0.1, 0.15) is 6.42 Å². The lowest BCUT2D eigenvalue weighted by atomic mass is 10.1. The molecule has 0 aromatic heterocycles. The van der Waals surface area contributed by atoms with Crippen LogP contribution in [0.2, 0.25) is 0 Å². The molecule has 1 rings (SSSR count). The van der Waals surface area contributed by atoms with Gasteiger partial charge in [0.2, 0.25) is 0 Å². The topological polar surface area (TPSA) is 64.4 Å². The molecule has 1 amide bonds. The maximum atomic E-state index is 11.8. The van der Waals surface area contributed by atoms with Crippen molar-refractivity contribution in [1.82, 2.24) is 5.32 Å². The van der Waals surface area contributed by atoms with Gasteiger partial charge < -0.3 is 10.5 Å². The third kappa shape index (κ3) is 2.00. The Hall–Kier alpha value is -0.980. The summed E-state index contributed by atoms with van der Waals surface area (Å²) in [6.07, 6.45) is -6.52. The summed E-state index contributed by atoms with van der Waals surface area (Å²) >= 11 is 0. The van der Waals surface area contributed by atoms with Crippen molar-refractivity contribution in [1.29, 1.82) is 0 Å². The van der Waals surface area contributed by atoms with Gasteiger partial charge in [-0.3, -0.25) is 5.32 Å². The van der Waals surface area contributed by atoms with Crippen LogP contribution in [0.25, 0.3) is 0 Å². The second-order valence-electron chi connectivity index (χ2n) is 2.42. The Balaban J connectivity index is 2.25. The molecule has 0 bridgehead atoms. The van der Waals surface area contributed by atoms with Crippen LogP contribution in [0.15, 0.2) is 0 Å². The molecule has 1 aliphatic heterocycles. The summed E-state index contributed by atoms with van der Waals surface area (Å²) < 4.78 is 39.6. The van der Waals surface area contributed by atoms with E-state index in [1.54, 1.807) is 0 Å². The molecule has 1 heterocycles. The smallest absolute Gasteiger partial charge is 0.406 e. The zero-order chi connectivity index (χ0) is 9.35. The third-order valence-electron chi connectivity index (χ3n) is 1.49. The molecular weight excluding hydrogens is 177 g/mol. The van der Waals surface area contributed by atoms with Gasteiger partial charge in [-0.2, -0.15) is 13.2 Å². The van der Waals surface area contributed by atoms with Crippen LogP contribution in [0.3, 0.4) is 0 Å². The average molecular weight is 184 g/mol. The first-order valence-electron chi connectivity index (χ1n) is 3.18. The average Bonchev–Trinajstić information content (AvgIpc) is 1.73. The molecule has 2 atom stereocenters. The molecule has 0 radical (unpaired) electrons. The second-order valence-corrected chi connectivity index (χ2v) is 2.42. The molecule has 0 aliphatic carbocycles. The first kappa shape index (κ1) is 9.11. The maximum absolute atomic E-state index is 11.8. The highest BCUT2D eigenvalue weighted by Crippen LogP contribution is 2.29. The highest BCUT2D eigenvalue weighted by molar-refractivity contribution is 5.64. The summed E-state index contributed by atoms with van der Waals surface area (Å²) in [5, 5.41) is 2.00. The summed E-state index contributed by atoms with van der Waals surface area (Å²) in [5.74, 6) is 0. The summed E-state index contributed by atoms with van der Waals surface area (Å²) in [4.78, 5) is 10.0. The van der Waals surface area contributed by atoms with E-state index in [-0.39, 0.29) is 6.42 Å². The van der Waals surface area contributed by atoms with E-state index >= 15 is 0 Å². The van der Waals surface area contributed by atoms with Crippen molar-refractivity contribution < 1.29 is 22.7 Å². The van der Waals surface area contributed by atoms with Gasteiger partial charge in [-0.1, -0.05) is 0 Å². The Morgan fingerprint density at radius 2 is 2.08 bits per heavy atom. The summed E-state index contributed by atoms with van der Waals surface area (Å²) in [6, 6.07) is -1.58. The van der Waals surface area contributed by atoms with Crippen molar-refractivity contribution in [2.24, 2.45) is 5.73 Å². The second kappa shape index (κ2) is 2.81. The van der Waals surface area contributed by atoms with E-state index < -0.39 is 24.5 Å². The number of hydrogen-bond donors (Lipinski definition) is 2. The molecule has 0 aromatic rings. The summed E-state index contributed by atoms with van der Waals surface area (Å²) in [6.45, 7) is 0. The van der Waals surface area contributed by atoms with Crippen molar-refractivity contribution >= 4 is 6.09 Å². The zero-order valence-corrected chi connectivity index (χ0v) is 5.89. The Morgan fingerprint density at radius 1 is 1.58 bits per heavy atom. The predicted molar refractivity (Wildman–Crippen MR) is 32.1 cm³/mol. The van der Waals surface area contributed by atoms with E-state index in [0.29, 0.717) is 0 Å². The molecule has 1 unspecified atom stereocenters. The van der Waals surface area contributed by atoms with Gasteiger partial charge in [0.05, 0.1) is 0 Å². The molecule has 1 saturated heterocycles. The van der Waals surface area contributed by atoms with E-state index in [1.807, 2.05) is 5.32 Å². The highest BCUT2D eigenvalue weighted by atomic mass is 19.4. The number of primary amides is 1. The van der Waals surface area contributed by atoms with E-state index in [4.69, 9.17) is 0 Å². The first-order chi connectivity index (χ1) is 5.39. The van der Waals surface area contributed by atoms with Gasteiger partial charge in [0.15, 0.2) is 6.23 Å². The van der Waals surface area contributed by atoms with Crippen LogP contribution in [-0.4, -0.2) is 24.5 Å². The molecule has 0 spiro atoms. The molecule has 1 fully saturated rings. The third-order valence-corrected chi connectivity index (χ3v) is 1.49. The standard InChI is InChI=1S/C5H7F3N2O2/c6-5(7,8)2-1-3(10-2)12-4(9)11/h2-3,10H,1H2,(H2,9,11)/t2-,3?/m1/s1. The van der Waals surface area contributed by atoms with Crippen LogP contribution in [0.5, 0.6) is 0 Å². The number of amides is 1. The fraction of sp³-hybridized carbons (Fsp3) is 0.800. The molecule has 3 N–H and O–H groups in total. The first-order valence-corrected chi connectivity index (χ1v) is 3.18. The Labute approximate surface area is 65.9 Å². The van der Waals surface area contributed by atoms with Crippen LogP contribution >= 0.6 is 0 Å². The van der Waals surface area contributed by atoms with Gasteiger partial charge in [0.1, 0.15) is 6.04 Å². The van der Waals surface area contributed by atoms with Gasteiger partial charge >= 0.3 is 12.3 Å². The molecule has 0 aromatic carbocycles. The molecular formula is C5H7F3N2O2. The van der Waals surface area contributed by atoms with Crippen molar-refractivity contribution in [2.45, 2.75) is 24.9 Å². The number of hydrogen-bond acceptors (Lipinski definition) is 3. The van der Waals surface area contributed by atoms with Crippen LogP contribution < -0.4 is 11.1 Å². The van der Waals surface area contributed by atoms with E-state index in [9.17, 15) is 18.0 Å². The van der Waals surface area contributed by atoms with Gasteiger partial charge in [0.25, 0.3) is 0 Å². The molecule has 4 nitrogen and oxygen atoms in total. The molecule has 7 heteroatoms. The number of nitrogens with one attached hydrogen (secondary N) is 1. The molecule has 70 valence electrons. The number of carbonyl (C=O) groups is 1. The van der Waals surface area contributed by atoms with Gasteiger partial charge in [0, 0.05) is 6.42 Å². The lowest BCUT2D eigenvalue weighted by Crippen LogP contribution is -2.61. The lowest BCUT2D eigenvalue weighted by molar-refractivity contribution is -0.195. The number of ether oxygens (including phenoxy) is 1.